The van der Waals surface area contributed by atoms with E-state index in [1.165, 1.54) is 19.3 Å². The van der Waals surface area contributed by atoms with Crippen LogP contribution in [0.3, 0.4) is 0 Å². The van der Waals surface area contributed by atoms with Gasteiger partial charge in [-0.15, -0.1) is 0 Å². The molecule has 0 radical (unpaired) electrons. The SMILES string of the molecule is CC(C)CCC1=CC=C(C(C)C)C1. The Bertz CT molecular complexity index is 216. The smallest absolute Gasteiger partial charge is 0.00996 e. The highest BCUT2D eigenvalue weighted by molar-refractivity contribution is 5.31. The third kappa shape index (κ3) is 3.38. The number of rotatable bonds is 4. The van der Waals surface area contributed by atoms with Crippen molar-refractivity contribution in [2.24, 2.45) is 11.8 Å². The van der Waals surface area contributed by atoms with E-state index in [2.05, 4.69) is 39.8 Å². The van der Waals surface area contributed by atoms with Crippen molar-refractivity contribution in [2.45, 2.75) is 47.0 Å². The maximum Gasteiger partial charge on any atom is -0.00996 e. The van der Waals surface area contributed by atoms with Crippen LogP contribution in [-0.4, -0.2) is 0 Å². The first-order chi connectivity index (χ1) is 6.09. The van der Waals surface area contributed by atoms with E-state index in [1.807, 2.05) is 0 Å². The van der Waals surface area contributed by atoms with E-state index in [-0.39, 0.29) is 0 Å². The van der Waals surface area contributed by atoms with Gasteiger partial charge in [-0.05, 0) is 31.1 Å². The zero-order chi connectivity index (χ0) is 9.84. The predicted molar refractivity (Wildman–Crippen MR) is 59.7 cm³/mol. The summed E-state index contributed by atoms with van der Waals surface area (Å²) < 4.78 is 0. The van der Waals surface area contributed by atoms with Crippen molar-refractivity contribution in [3.8, 4) is 0 Å². The van der Waals surface area contributed by atoms with Gasteiger partial charge in [-0.3, -0.25) is 0 Å². The van der Waals surface area contributed by atoms with Gasteiger partial charge >= 0.3 is 0 Å². The molecule has 0 spiro atoms. The van der Waals surface area contributed by atoms with Crippen LogP contribution in [0, 0.1) is 11.8 Å². The molecular weight excluding hydrogens is 156 g/mol. The molecule has 0 aliphatic heterocycles. The van der Waals surface area contributed by atoms with Crippen molar-refractivity contribution in [2.75, 3.05) is 0 Å². The molecule has 0 aromatic carbocycles. The third-order valence-corrected chi connectivity index (χ3v) is 2.75. The monoisotopic (exact) mass is 178 g/mol. The first-order valence-corrected chi connectivity index (χ1v) is 5.48. The van der Waals surface area contributed by atoms with Gasteiger partial charge < -0.3 is 0 Å². The first-order valence-electron chi connectivity index (χ1n) is 5.48. The molecule has 0 unspecified atom stereocenters. The fourth-order valence-electron chi connectivity index (χ4n) is 1.65. The Labute approximate surface area is 82.7 Å². The van der Waals surface area contributed by atoms with Crippen molar-refractivity contribution >= 4 is 0 Å². The van der Waals surface area contributed by atoms with Gasteiger partial charge in [0.15, 0.2) is 0 Å². The van der Waals surface area contributed by atoms with Crippen LogP contribution in [-0.2, 0) is 0 Å². The molecule has 0 fully saturated rings. The van der Waals surface area contributed by atoms with Crippen molar-refractivity contribution in [1.82, 2.24) is 0 Å². The molecule has 0 heterocycles. The molecule has 0 atom stereocenters. The average molecular weight is 178 g/mol. The predicted octanol–water partition coefficient (Wildman–Crippen LogP) is 4.34. The number of allylic oxidation sites excluding steroid dienone is 4. The van der Waals surface area contributed by atoms with Gasteiger partial charge in [-0.1, -0.05) is 51.0 Å². The summed E-state index contributed by atoms with van der Waals surface area (Å²) in [6.07, 6.45) is 8.53. The normalized spacial score (nSPS) is 16.8. The topological polar surface area (TPSA) is 0 Å². The summed E-state index contributed by atoms with van der Waals surface area (Å²) in [6.45, 7) is 9.16. The lowest BCUT2D eigenvalue weighted by Gasteiger charge is -2.09. The van der Waals surface area contributed by atoms with Crippen molar-refractivity contribution in [3.63, 3.8) is 0 Å². The molecule has 0 heteroatoms. The molecule has 0 amide bonds. The minimum atomic E-state index is 0.729. The summed E-state index contributed by atoms with van der Waals surface area (Å²) in [5, 5.41) is 0. The lowest BCUT2D eigenvalue weighted by Crippen LogP contribution is -1.93. The van der Waals surface area contributed by atoms with Gasteiger partial charge in [0.2, 0.25) is 0 Å². The second-order valence-electron chi connectivity index (χ2n) is 4.83. The van der Waals surface area contributed by atoms with Gasteiger partial charge in [-0.25, -0.2) is 0 Å². The number of hydrogen-bond acceptors (Lipinski definition) is 0. The molecule has 0 bridgehead atoms. The Morgan fingerprint density at radius 1 is 1.15 bits per heavy atom. The van der Waals surface area contributed by atoms with Gasteiger partial charge in [0.1, 0.15) is 0 Å². The van der Waals surface area contributed by atoms with Gasteiger partial charge in [0.25, 0.3) is 0 Å². The van der Waals surface area contributed by atoms with Gasteiger partial charge in [0, 0.05) is 0 Å². The van der Waals surface area contributed by atoms with Crippen LogP contribution < -0.4 is 0 Å². The zero-order valence-electron chi connectivity index (χ0n) is 9.43. The Morgan fingerprint density at radius 3 is 2.31 bits per heavy atom. The van der Waals surface area contributed by atoms with E-state index in [1.54, 1.807) is 11.1 Å². The van der Waals surface area contributed by atoms with Crippen molar-refractivity contribution < 1.29 is 0 Å². The standard InChI is InChI=1S/C13H22/c1-10(2)5-6-12-7-8-13(9-12)11(3)4/h7-8,10-11H,5-6,9H2,1-4H3. The van der Waals surface area contributed by atoms with Crippen LogP contribution in [0.15, 0.2) is 23.3 Å². The van der Waals surface area contributed by atoms with Crippen molar-refractivity contribution in [1.29, 1.82) is 0 Å². The molecule has 0 N–H and O–H groups in total. The van der Waals surface area contributed by atoms with Crippen LogP contribution in [0.2, 0.25) is 0 Å². The molecule has 1 rings (SSSR count). The highest BCUT2D eigenvalue weighted by Gasteiger charge is 2.11. The van der Waals surface area contributed by atoms with Crippen LogP contribution in [0.1, 0.15) is 47.0 Å². The fourth-order valence-corrected chi connectivity index (χ4v) is 1.65. The van der Waals surface area contributed by atoms with E-state index >= 15 is 0 Å². The van der Waals surface area contributed by atoms with Crippen LogP contribution >= 0.6 is 0 Å². The Kier molecular flexibility index (Phi) is 3.77. The maximum absolute atomic E-state index is 2.33. The highest BCUT2D eigenvalue weighted by Crippen LogP contribution is 2.28. The van der Waals surface area contributed by atoms with Gasteiger partial charge in [-0.2, -0.15) is 0 Å². The lowest BCUT2D eigenvalue weighted by molar-refractivity contribution is 0.579. The van der Waals surface area contributed by atoms with E-state index in [9.17, 15) is 0 Å². The Hall–Kier alpha value is -0.520. The van der Waals surface area contributed by atoms with Crippen molar-refractivity contribution in [3.05, 3.63) is 23.3 Å². The van der Waals surface area contributed by atoms with Crippen LogP contribution in [0.5, 0.6) is 0 Å². The quantitative estimate of drug-likeness (QED) is 0.601. The number of hydrogen-bond donors (Lipinski definition) is 0. The molecule has 74 valence electrons. The summed E-state index contributed by atoms with van der Waals surface area (Å²) in [7, 11) is 0. The van der Waals surface area contributed by atoms with E-state index in [0.717, 1.165) is 11.8 Å². The largest absolute Gasteiger partial charge is 0.0661 e. The van der Waals surface area contributed by atoms with Crippen LogP contribution in [0.25, 0.3) is 0 Å². The van der Waals surface area contributed by atoms with Crippen LogP contribution in [0.4, 0.5) is 0 Å². The Balaban J connectivity index is 2.29. The molecule has 0 saturated heterocycles. The van der Waals surface area contributed by atoms with E-state index in [0.29, 0.717) is 0 Å². The average Bonchev–Trinajstić information content (AvgIpc) is 2.48. The summed E-state index contributed by atoms with van der Waals surface area (Å²) in [6, 6.07) is 0. The van der Waals surface area contributed by atoms with Gasteiger partial charge in [0.05, 0.1) is 0 Å². The summed E-state index contributed by atoms with van der Waals surface area (Å²) in [5.41, 5.74) is 3.25. The summed E-state index contributed by atoms with van der Waals surface area (Å²) >= 11 is 0. The highest BCUT2D eigenvalue weighted by atomic mass is 14.2. The second kappa shape index (κ2) is 4.64. The Morgan fingerprint density at radius 2 is 1.85 bits per heavy atom. The second-order valence-corrected chi connectivity index (χ2v) is 4.83. The lowest BCUT2D eigenvalue weighted by atomic mass is 9.97. The zero-order valence-corrected chi connectivity index (χ0v) is 9.43. The molecule has 1 aliphatic carbocycles. The van der Waals surface area contributed by atoms with E-state index < -0.39 is 0 Å². The minimum Gasteiger partial charge on any atom is -0.0661 e. The summed E-state index contributed by atoms with van der Waals surface area (Å²) in [4.78, 5) is 0. The minimum absolute atomic E-state index is 0.729. The third-order valence-electron chi connectivity index (χ3n) is 2.75. The fraction of sp³-hybridized carbons (Fsp3) is 0.692. The van der Waals surface area contributed by atoms with E-state index in [4.69, 9.17) is 0 Å². The molecular formula is C13H22. The molecule has 13 heavy (non-hydrogen) atoms. The molecule has 0 saturated carbocycles. The summed E-state index contributed by atoms with van der Waals surface area (Å²) in [5.74, 6) is 1.57. The first kappa shape index (κ1) is 10.6. The molecule has 0 nitrogen and oxygen atoms in total. The molecule has 0 aromatic rings. The maximum atomic E-state index is 2.33. The molecule has 0 aromatic heterocycles. The molecule has 1 aliphatic rings.